The van der Waals surface area contributed by atoms with E-state index in [0.29, 0.717) is 0 Å². The first-order valence-electron chi connectivity index (χ1n) is 20.7. The van der Waals surface area contributed by atoms with Gasteiger partial charge in [0.25, 0.3) is 0 Å². The maximum Gasteiger partial charge on any atom is 0.0541 e. The van der Waals surface area contributed by atoms with E-state index >= 15 is 0 Å². The quantitative estimate of drug-likeness (QED) is 0.153. The van der Waals surface area contributed by atoms with Gasteiger partial charge < -0.3 is 9.47 Å². The van der Waals surface area contributed by atoms with E-state index < -0.39 is 0 Å². The standard InChI is InChI=1S/C58H38N2/c1-2-19-41(20-3-1)57-48-28-8-10-30-50(48)58(51-31-11-9-29-49(51)57)42-35-36-56-52(37-42)47-27-12-13-32-55(47)60(56)44-24-16-23-43(38-44)59(53-33-14-21-39-17-4-6-25-45(39)53)54-34-15-22-40-18-5-7-26-46(40)54/h1-38H. The molecule has 0 fully saturated rings. The molecular formula is C58H38N2. The first-order valence-corrected chi connectivity index (χ1v) is 20.7. The highest BCUT2D eigenvalue weighted by atomic mass is 15.1. The summed E-state index contributed by atoms with van der Waals surface area (Å²) in [7, 11) is 0. The Morgan fingerprint density at radius 1 is 0.283 bits per heavy atom. The largest absolute Gasteiger partial charge is 0.309 e. The van der Waals surface area contributed by atoms with Gasteiger partial charge in [0.05, 0.1) is 22.4 Å². The van der Waals surface area contributed by atoms with E-state index in [0.717, 1.165) is 22.7 Å². The van der Waals surface area contributed by atoms with Gasteiger partial charge in [-0.05, 0) is 103 Å². The molecule has 0 aliphatic rings. The molecule has 0 bridgehead atoms. The first kappa shape index (κ1) is 34.1. The van der Waals surface area contributed by atoms with Crippen molar-refractivity contribution >= 4 is 82.0 Å². The molecule has 1 aromatic heterocycles. The summed E-state index contributed by atoms with van der Waals surface area (Å²) in [6, 6.07) is 84.3. The highest BCUT2D eigenvalue weighted by Crippen LogP contribution is 2.46. The molecule has 2 heteroatoms. The number of hydrogen-bond donors (Lipinski definition) is 0. The van der Waals surface area contributed by atoms with Crippen LogP contribution in [0.3, 0.4) is 0 Å². The Balaban J connectivity index is 1.08. The molecule has 2 nitrogen and oxygen atoms in total. The number of anilines is 3. The van der Waals surface area contributed by atoms with Gasteiger partial charge in [-0.15, -0.1) is 0 Å². The molecule has 0 radical (unpaired) electrons. The number of benzene rings is 11. The van der Waals surface area contributed by atoms with Gasteiger partial charge in [0.15, 0.2) is 0 Å². The third-order valence-electron chi connectivity index (χ3n) is 12.3. The molecule has 280 valence electrons. The van der Waals surface area contributed by atoms with Gasteiger partial charge in [-0.1, -0.05) is 182 Å². The molecule has 0 saturated heterocycles. The minimum Gasteiger partial charge on any atom is -0.309 e. The second-order valence-corrected chi connectivity index (χ2v) is 15.6. The zero-order chi connectivity index (χ0) is 39.6. The van der Waals surface area contributed by atoms with Crippen molar-refractivity contribution in [1.82, 2.24) is 4.57 Å². The molecule has 12 aromatic rings. The Bertz CT molecular complexity index is 3470. The van der Waals surface area contributed by atoms with Gasteiger partial charge in [-0.2, -0.15) is 0 Å². The molecule has 0 saturated carbocycles. The Morgan fingerprint density at radius 2 is 0.750 bits per heavy atom. The molecule has 0 amide bonds. The van der Waals surface area contributed by atoms with Gasteiger partial charge in [0, 0.05) is 32.9 Å². The van der Waals surface area contributed by atoms with Crippen LogP contribution in [0.25, 0.3) is 92.8 Å². The van der Waals surface area contributed by atoms with Gasteiger partial charge in [-0.25, -0.2) is 0 Å². The Hall–Kier alpha value is -7.94. The van der Waals surface area contributed by atoms with E-state index in [1.807, 2.05) is 0 Å². The Morgan fingerprint density at radius 3 is 1.37 bits per heavy atom. The number of fused-ring (bicyclic) bond motifs is 7. The number of aromatic nitrogens is 1. The van der Waals surface area contributed by atoms with Crippen LogP contribution in [-0.4, -0.2) is 4.57 Å². The third kappa shape index (κ3) is 5.35. The normalized spacial score (nSPS) is 11.7. The SMILES string of the molecule is c1ccc(-c2c3ccccc3c(-c3ccc4c(c3)c3ccccc3n4-c3cccc(N(c4cccc5ccccc45)c4cccc5ccccc45)c3)c3ccccc23)cc1. The smallest absolute Gasteiger partial charge is 0.0541 e. The summed E-state index contributed by atoms with van der Waals surface area (Å²) in [5.74, 6) is 0. The summed E-state index contributed by atoms with van der Waals surface area (Å²) in [5, 5.41) is 12.3. The molecule has 11 aromatic carbocycles. The van der Waals surface area contributed by atoms with E-state index in [9.17, 15) is 0 Å². The van der Waals surface area contributed by atoms with Crippen molar-refractivity contribution in [1.29, 1.82) is 0 Å². The second kappa shape index (κ2) is 13.9. The van der Waals surface area contributed by atoms with Crippen LogP contribution in [0.2, 0.25) is 0 Å². The summed E-state index contributed by atoms with van der Waals surface area (Å²) >= 11 is 0. The molecule has 60 heavy (non-hydrogen) atoms. The third-order valence-corrected chi connectivity index (χ3v) is 12.3. The number of para-hydroxylation sites is 1. The summed E-state index contributed by atoms with van der Waals surface area (Å²) < 4.78 is 2.44. The monoisotopic (exact) mass is 762 g/mol. The van der Waals surface area contributed by atoms with Crippen molar-refractivity contribution in [2.75, 3.05) is 4.90 Å². The minimum atomic E-state index is 1.10. The van der Waals surface area contributed by atoms with Crippen LogP contribution < -0.4 is 4.90 Å². The van der Waals surface area contributed by atoms with Crippen molar-refractivity contribution in [3.63, 3.8) is 0 Å². The lowest BCUT2D eigenvalue weighted by molar-refractivity contribution is 1.17. The van der Waals surface area contributed by atoms with Gasteiger partial charge in [0.1, 0.15) is 0 Å². The number of hydrogen-bond acceptors (Lipinski definition) is 1. The lowest BCUT2D eigenvalue weighted by atomic mass is 9.86. The predicted molar refractivity (Wildman–Crippen MR) is 256 cm³/mol. The van der Waals surface area contributed by atoms with Crippen LogP contribution in [0, 0.1) is 0 Å². The van der Waals surface area contributed by atoms with E-state index in [1.165, 1.54) is 87.1 Å². The first-order chi connectivity index (χ1) is 29.8. The van der Waals surface area contributed by atoms with Crippen molar-refractivity contribution in [3.05, 3.63) is 231 Å². The van der Waals surface area contributed by atoms with Crippen LogP contribution in [-0.2, 0) is 0 Å². The van der Waals surface area contributed by atoms with Gasteiger partial charge in [0.2, 0.25) is 0 Å². The number of nitrogens with zero attached hydrogens (tertiary/aromatic N) is 2. The van der Waals surface area contributed by atoms with E-state index in [2.05, 4.69) is 240 Å². The highest BCUT2D eigenvalue weighted by Gasteiger charge is 2.21. The summed E-state index contributed by atoms with van der Waals surface area (Å²) in [5.41, 5.74) is 11.8. The molecule has 0 spiro atoms. The van der Waals surface area contributed by atoms with Crippen LogP contribution in [0.4, 0.5) is 17.1 Å². The Labute approximate surface area is 348 Å². The highest BCUT2D eigenvalue weighted by molar-refractivity contribution is 6.22. The molecule has 0 aliphatic heterocycles. The zero-order valence-corrected chi connectivity index (χ0v) is 32.8. The summed E-state index contributed by atoms with van der Waals surface area (Å²) in [6.45, 7) is 0. The van der Waals surface area contributed by atoms with Crippen LogP contribution in [0.1, 0.15) is 0 Å². The molecule has 12 rings (SSSR count). The van der Waals surface area contributed by atoms with Crippen molar-refractivity contribution < 1.29 is 0 Å². The number of rotatable bonds is 6. The van der Waals surface area contributed by atoms with E-state index in [1.54, 1.807) is 0 Å². The summed E-state index contributed by atoms with van der Waals surface area (Å²) in [6.07, 6.45) is 0. The maximum atomic E-state index is 2.44. The molecule has 0 N–H and O–H groups in total. The lowest BCUT2D eigenvalue weighted by Gasteiger charge is -2.28. The fraction of sp³-hybridized carbons (Fsp3) is 0. The molecule has 1 heterocycles. The van der Waals surface area contributed by atoms with Crippen molar-refractivity contribution in [2.45, 2.75) is 0 Å². The fourth-order valence-electron chi connectivity index (χ4n) is 9.75. The fourth-order valence-corrected chi connectivity index (χ4v) is 9.75. The average molecular weight is 763 g/mol. The molecule has 0 aliphatic carbocycles. The molecular weight excluding hydrogens is 725 g/mol. The minimum absolute atomic E-state index is 1.10. The van der Waals surface area contributed by atoms with Crippen molar-refractivity contribution in [2.24, 2.45) is 0 Å². The van der Waals surface area contributed by atoms with E-state index in [-0.39, 0.29) is 0 Å². The Kier molecular flexibility index (Phi) is 7.89. The van der Waals surface area contributed by atoms with Crippen molar-refractivity contribution in [3.8, 4) is 27.9 Å². The topological polar surface area (TPSA) is 8.17 Å². The maximum absolute atomic E-state index is 2.44. The summed E-state index contributed by atoms with van der Waals surface area (Å²) in [4.78, 5) is 2.44. The van der Waals surface area contributed by atoms with Gasteiger partial charge in [-0.3, -0.25) is 0 Å². The average Bonchev–Trinajstić information content (AvgIpc) is 3.65. The van der Waals surface area contributed by atoms with Crippen LogP contribution >= 0.6 is 0 Å². The van der Waals surface area contributed by atoms with Crippen LogP contribution in [0.5, 0.6) is 0 Å². The molecule has 0 atom stereocenters. The van der Waals surface area contributed by atoms with E-state index in [4.69, 9.17) is 0 Å². The lowest BCUT2D eigenvalue weighted by Crippen LogP contribution is -2.11. The predicted octanol–water partition coefficient (Wildman–Crippen LogP) is 16.2. The molecule has 0 unspecified atom stereocenters. The van der Waals surface area contributed by atoms with Crippen LogP contribution in [0.15, 0.2) is 231 Å². The van der Waals surface area contributed by atoms with Gasteiger partial charge >= 0.3 is 0 Å². The second-order valence-electron chi connectivity index (χ2n) is 15.6. The zero-order valence-electron chi connectivity index (χ0n) is 32.8.